The zero-order chi connectivity index (χ0) is 18.7. The van der Waals surface area contributed by atoms with Crippen molar-refractivity contribution in [3.05, 3.63) is 35.4 Å². The van der Waals surface area contributed by atoms with E-state index in [0.29, 0.717) is 0 Å². The normalized spacial score (nSPS) is 28.4. The number of hydrogen-bond acceptors (Lipinski definition) is 2. The van der Waals surface area contributed by atoms with E-state index in [4.69, 9.17) is 4.99 Å². The molecule has 0 radical (unpaired) electrons. The summed E-state index contributed by atoms with van der Waals surface area (Å²) < 4.78 is 0. The third kappa shape index (κ3) is 4.01. The minimum Gasteiger partial charge on any atom is -0.396 e. The highest BCUT2D eigenvalue weighted by Gasteiger charge is 2.54. The van der Waals surface area contributed by atoms with Crippen molar-refractivity contribution in [3.8, 4) is 0 Å². The summed E-state index contributed by atoms with van der Waals surface area (Å²) >= 11 is 0. The SMILES string of the molecule is CCNC(=NCC1(CCO)CCCCC1)NCC1C2Cc3ccccc3C12. The van der Waals surface area contributed by atoms with Crippen molar-refractivity contribution >= 4 is 5.96 Å². The first-order valence-corrected chi connectivity index (χ1v) is 11.0. The number of aliphatic hydroxyl groups excluding tert-OH is 1. The fourth-order valence-corrected chi connectivity index (χ4v) is 5.59. The van der Waals surface area contributed by atoms with Gasteiger partial charge in [-0.2, -0.15) is 0 Å². The van der Waals surface area contributed by atoms with Crippen LogP contribution < -0.4 is 10.6 Å². The maximum absolute atomic E-state index is 9.53. The largest absolute Gasteiger partial charge is 0.396 e. The summed E-state index contributed by atoms with van der Waals surface area (Å²) in [4.78, 5) is 4.95. The molecular formula is C23H35N3O. The lowest BCUT2D eigenvalue weighted by Gasteiger charge is -2.35. The number of fused-ring (bicyclic) bond motifs is 3. The molecule has 4 nitrogen and oxygen atoms in total. The molecule has 0 amide bonds. The van der Waals surface area contributed by atoms with Gasteiger partial charge in [0.05, 0.1) is 0 Å². The molecule has 0 aromatic heterocycles. The van der Waals surface area contributed by atoms with Gasteiger partial charge in [0.15, 0.2) is 5.96 Å². The Kier molecular flexibility index (Phi) is 5.72. The van der Waals surface area contributed by atoms with E-state index in [1.54, 1.807) is 11.1 Å². The Morgan fingerprint density at radius 1 is 1.19 bits per heavy atom. The summed E-state index contributed by atoms with van der Waals surface area (Å²) in [6.07, 6.45) is 8.45. The number of nitrogens with zero attached hydrogens (tertiary/aromatic N) is 1. The monoisotopic (exact) mass is 369 g/mol. The number of nitrogens with one attached hydrogen (secondary N) is 2. The Labute approximate surface area is 163 Å². The number of rotatable bonds is 7. The van der Waals surface area contributed by atoms with Gasteiger partial charge in [-0.05, 0) is 66.9 Å². The standard InChI is InChI=1S/C23H35N3O/c1-2-24-22(26-16-23(12-13-27)10-6-3-7-11-23)25-15-20-19-14-17-8-4-5-9-18(17)21(19)20/h4-5,8-9,19-21,27H,2-3,6-7,10-16H2,1H3,(H2,24,25,26). The van der Waals surface area contributed by atoms with Gasteiger partial charge in [0.25, 0.3) is 0 Å². The molecule has 0 bridgehead atoms. The van der Waals surface area contributed by atoms with Gasteiger partial charge < -0.3 is 15.7 Å². The minimum atomic E-state index is 0.213. The van der Waals surface area contributed by atoms with Crippen molar-refractivity contribution < 1.29 is 5.11 Å². The zero-order valence-corrected chi connectivity index (χ0v) is 16.7. The third-order valence-corrected chi connectivity index (χ3v) is 7.18. The van der Waals surface area contributed by atoms with Gasteiger partial charge in [-0.3, -0.25) is 4.99 Å². The van der Waals surface area contributed by atoms with Gasteiger partial charge in [-0.15, -0.1) is 0 Å². The van der Waals surface area contributed by atoms with E-state index in [2.05, 4.69) is 41.8 Å². The molecule has 4 rings (SSSR count). The highest BCUT2D eigenvalue weighted by atomic mass is 16.3. The second-order valence-corrected chi connectivity index (χ2v) is 8.87. The molecule has 1 aromatic carbocycles. The van der Waals surface area contributed by atoms with Crippen LogP contribution in [0.5, 0.6) is 0 Å². The second-order valence-electron chi connectivity index (χ2n) is 8.87. The topological polar surface area (TPSA) is 56.7 Å². The fraction of sp³-hybridized carbons (Fsp3) is 0.696. The van der Waals surface area contributed by atoms with Crippen molar-refractivity contribution in [1.29, 1.82) is 0 Å². The molecule has 0 spiro atoms. The van der Waals surface area contributed by atoms with Crippen molar-refractivity contribution in [2.45, 2.75) is 57.8 Å². The molecule has 0 heterocycles. The first kappa shape index (κ1) is 18.8. The van der Waals surface area contributed by atoms with Gasteiger partial charge in [0, 0.05) is 26.2 Å². The molecule has 3 N–H and O–H groups in total. The molecule has 3 aliphatic rings. The predicted octanol–water partition coefficient (Wildman–Crippen LogP) is 3.46. The highest BCUT2D eigenvalue weighted by molar-refractivity contribution is 5.79. The summed E-state index contributed by atoms with van der Waals surface area (Å²) in [6, 6.07) is 8.96. The van der Waals surface area contributed by atoms with Crippen LogP contribution in [-0.2, 0) is 6.42 Å². The van der Waals surface area contributed by atoms with Crippen molar-refractivity contribution in [2.24, 2.45) is 22.2 Å². The Morgan fingerprint density at radius 3 is 2.78 bits per heavy atom. The van der Waals surface area contributed by atoms with Crippen LogP contribution in [0.25, 0.3) is 0 Å². The molecule has 0 saturated heterocycles. The van der Waals surface area contributed by atoms with E-state index in [9.17, 15) is 5.11 Å². The first-order valence-electron chi connectivity index (χ1n) is 11.0. The van der Waals surface area contributed by atoms with E-state index in [1.165, 1.54) is 38.5 Å². The van der Waals surface area contributed by atoms with Gasteiger partial charge in [0.1, 0.15) is 0 Å². The Morgan fingerprint density at radius 2 is 2.00 bits per heavy atom. The van der Waals surface area contributed by atoms with Gasteiger partial charge in [0.2, 0.25) is 0 Å². The first-order chi connectivity index (χ1) is 13.3. The molecular weight excluding hydrogens is 334 g/mol. The molecule has 0 aliphatic heterocycles. The summed E-state index contributed by atoms with van der Waals surface area (Å²) in [7, 11) is 0. The average molecular weight is 370 g/mol. The molecule has 3 unspecified atom stereocenters. The summed E-state index contributed by atoms with van der Waals surface area (Å²) in [6.45, 7) is 5.15. The number of aliphatic hydroxyl groups is 1. The Bertz CT molecular complexity index is 660. The third-order valence-electron chi connectivity index (χ3n) is 7.18. The van der Waals surface area contributed by atoms with Crippen LogP contribution in [0.1, 0.15) is 62.5 Å². The quantitative estimate of drug-likeness (QED) is 0.510. The van der Waals surface area contributed by atoms with Crippen LogP contribution in [0.15, 0.2) is 29.3 Å². The zero-order valence-electron chi connectivity index (χ0n) is 16.7. The summed E-state index contributed by atoms with van der Waals surface area (Å²) in [5.41, 5.74) is 3.36. The molecule has 2 fully saturated rings. The smallest absolute Gasteiger partial charge is 0.191 e. The number of hydrogen-bond donors (Lipinski definition) is 3. The minimum absolute atomic E-state index is 0.213. The fourth-order valence-electron chi connectivity index (χ4n) is 5.59. The predicted molar refractivity (Wildman–Crippen MR) is 111 cm³/mol. The number of benzene rings is 1. The van der Waals surface area contributed by atoms with Gasteiger partial charge in [-0.1, -0.05) is 43.5 Å². The van der Waals surface area contributed by atoms with Crippen LogP contribution in [0.4, 0.5) is 0 Å². The van der Waals surface area contributed by atoms with Crippen molar-refractivity contribution in [3.63, 3.8) is 0 Å². The summed E-state index contributed by atoms with van der Waals surface area (Å²) in [5.74, 6) is 3.30. The average Bonchev–Trinajstić information content (AvgIpc) is 3.23. The molecule has 27 heavy (non-hydrogen) atoms. The Hall–Kier alpha value is -1.55. The Balaban J connectivity index is 1.34. The van der Waals surface area contributed by atoms with Gasteiger partial charge >= 0.3 is 0 Å². The molecule has 148 valence electrons. The maximum Gasteiger partial charge on any atom is 0.191 e. The van der Waals surface area contributed by atoms with E-state index < -0.39 is 0 Å². The van der Waals surface area contributed by atoms with Crippen molar-refractivity contribution in [2.75, 3.05) is 26.2 Å². The molecule has 2 saturated carbocycles. The van der Waals surface area contributed by atoms with Crippen LogP contribution >= 0.6 is 0 Å². The molecule has 3 aliphatic carbocycles. The van der Waals surface area contributed by atoms with Crippen molar-refractivity contribution in [1.82, 2.24) is 10.6 Å². The lowest BCUT2D eigenvalue weighted by Crippen LogP contribution is -2.40. The summed E-state index contributed by atoms with van der Waals surface area (Å²) in [5, 5.41) is 16.6. The van der Waals surface area contributed by atoms with Gasteiger partial charge in [-0.25, -0.2) is 0 Å². The molecule has 3 atom stereocenters. The van der Waals surface area contributed by atoms with Crippen LogP contribution in [0, 0.1) is 17.3 Å². The number of aliphatic imine (C=N–C) groups is 1. The molecule has 1 aromatic rings. The lowest BCUT2D eigenvalue weighted by atomic mass is 9.72. The number of guanidine groups is 1. The second kappa shape index (κ2) is 8.22. The van der Waals surface area contributed by atoms with E-state index in [1.807, 2.05) is 0 Å². The maximum atomic E-state index is 9.53. The van der Waals surface area contributed by atoms with Crippen LogP contribution in [-0.4, -0.2) is 37.3 Å². The van der Waals surface area contributed by atoms with E-state index in [0.717, 1.165) is 49.8 Å². The van der Waals surface area contributed by atoms with E-state index >= 15 is 0 Å². The van der Waals surface area contributed by atoms with Crippen LogP contribution in [0.3, 0.4) is 0 Å². The van der Waals surface area contributed by atoms with Crippen LogP contribution in [0.2, 0.25) is 0 Å². The highest BCUT2D eigenvalue weighted by Crippen LogP contribution is 2.60. The molecule has 4 heteroatoms. The van der Waals surface area contributed by atoms with E-state index in [-0.39, 0.29) is 12.0 Å². The lowest BCUT2D eigenvalue weighted by molar-refractivity contribution is 0.137.